The molecule has 2 amide bonds. The van der Waals surface area contributed by atoms with Gasteiger partial charge in [0, 0.05) is 35.2 Å². The Morgan fingerprint density at radius 1 is 1.05 bits per heavy atom. The molecule has 2 saturated heterocycles. The van der Waals surface area contributed by atoms with Crippen LogP contribution in [0, 0.1) is 11.8 Å². The fourth-order valence-electron chi connectivity index (χ4n) is 6.28. The second-order valence-corrected chi connectivity index (χ2v) is 12.6. The van der Waals surface area contributed by atoms with E-state index in [4.69, 9.17) is 16.3 Å². The van der Waals surface area contributed by atoms with Crippen LogP contribution in [0.1, 0.15) is 39.0 Å². The molecule has 0 saturated carbocycles. The first-order valence-electron chi connectivity index (χ1n) is 13.0. The summed E-state index contributed by atoms with van der Waals surface area (Å²) >= 11 is 7.65. The monoisotopic (exact) mass is 544 g/mol. The summed E-state index contributed by atoms with van der Waals surface area (Å²) in [4.78, 5) is 45.4. The minimum Gasteiger partial charge on any atom is -0.465 e. The van der Waals surface area contributed by atoms with Gasteiger partial charge >= 0.3 is 5.97 Å². The lowest BCUT2D eigenvalue weighted by atomic mass is 9.74. The van der Waals surface area contributed by atoms with Crippen LogP contribution in [0.5, 0.6) is 0 Å². The van der Waals surface area contributed by atoms with Gasteiger partial charge in [0.2, 0.25) is 5.91 Å². The number of halogens is 1. The van der Waals surface area contributed by atoms with Crippen molar-refractivity contribution >= 4 is 46.8 Å². The molecule has 4 aliphatic rings. The number of hydrogen-bond acceptors (Lipinski definition) is 6. The Hall–Kier alpha value is -2.29. The van der Waals surface area contributed by atoms with Gasteiger partial charge in [-0.1, -0.05) is 35.9 Å². The molecule has 1 N–H and O–H groups in total. The lowest BCUT2D eigenvalue weighted by Gasteiger charge is -2.37. The van der Waals surface area contributed by atoms with E-state index in [1.807, 2.05) is 19.1 Å². The van der Waals surface area contributed by atoms with Crippen molar-refractivity contribution in [2.75, 3.05) is 31.2 Å². The number of allylic oxidation sites excluding steroid dienone is 1. The summed E-state index contributed by atoms with van der Waals surface area (Å²) < 4.78 is 4.10. The highest BCUT2D eigenvalue weighted by Gasteiger charge is 2.73. The molecule has 0 aromatic heterocycles. The smallest absolute Gasteiger partial charge is 0.311 e. The molecular formula is C28H33ClN2O5S. The molecule has 0 bridgehead atoms. The van der Waals surface area contributed by atoms with Gasteiger partial charge in [-0.3, -0.25) is 14.4 Å². The first kappa shape index (κ1) is 26.3. The van der Waals surface area contributed by atoms with Crippen LogP contribution in [0.4, 0.5) is 5.69 Å². The van der Waals surface area contributed by atoms with Gasteiger partial charge in [-0.25, -0.2) is 0 Å². The number of amides is 2. The number of esters is 1. The van der Waals surface area contributed by atoms with Gasteiger partial charge in [0.25, 0.3) is 5.91 Å². The SMILES string of the molecule is C[C@@]12/C=C\CCCCOC(=O)[C@@H]1[C@H]1C(=O)N(CCCCO)C3C(=O)N(c4ccc(Cl)cc4)CC=C[C@@]31S2. The van der Waals surface area contributed by atoms with Crippen LogP contribution in [0.25, 0.3) is 0 Å². The lowest BCUT2D eigenvalue weighted by Crippen LogP contribution is -2.53. The Bertz CT molecular complexity index is 1120. The Balaban J connectivity index is 1.61. The first-order valence-corrected chi connectivity index (χ1v) is 14.2. The number of unbranched alkanes of at least 4 members (excludes halogenated alkanes) is 1. The number of carbonyl (C=O) groups excluding carboxylic acids is 3. The maximum Gasteiger partial charge on any atom is 0.311 e. The molecular weight excluding hydrogens is 512 g/mol. The number of aliphatic hydroxyl groups is 1. The summed E-state index contributed by atoms with van der Waals surface area (Å²) in [5.41, 5.74) is 0.704. The fourth-order valence-corrected chi connectivity index (χ4v) is 8.56. The molecule has 4 heterocycles. The number of cyclic esters (lactones) is 1. The van der Waals surface area contributed by atoms with Gasteiger partial charge in [-0.15, -0.1) is 11.8 Å². The normalized spacial score (nSPS) is 34.5. The van der Waals surface area contributed by atoms with Crippen molar-refractivity contribution in [2.24, 2.45) is 11.8 Å². The number of anilines is 1. The molecule has 5 rings (SSSR count). The Labute approximate surface area is 226 Å². The van der Waals surface area contributed by atoms with Crippen LogP contribution in [0.2, 0.25) is 5.02 Å². The van der Waals surface area contributed by atoms with Crippen LogP contribution in [0.15, 0.2) is 48.6 Å². The van der Waals surface area contributed by atoms with E-state index < -0.39 is 27.4 Å². The van der Waals surface area contributed by atoms with Crippen molar-refractivity contribution in [3.05, 3.63) is 53.6 Å². The summed E-state index contributed by atoms with van der Waals surface area (Å²) in [5, 5.41) is 9.94. The maximum absolute atomic E-state index is 14.3. The minimum atomic E-state index is -0.911. The summed E-state index contributed by atoms with van der Waals surface area (Å²) in [5.74, 6) is -2.16. The van der Waals surface area contributed by atoms with Crippen molar-refractivity contribution in [1.29, 1.82) is 0 Å². The minimum absolute atomic E-state index is 0.0125. The third-order valence-electron chi connectivity index (χ3n) is 7.95. The van der Waals surface area contributed by atoms with Crippen molar-refractivity contribution in [3.63, 3.8) is 0 Å². The highest BCUT2D eigenvalue weighted by atomic mass is 35.5. The van der Waals surface area contributed by atoms with Crippen LogP contribution >= 0.6 is 23.4 Å². The molecule has 2 fully saturated rings. The number of fused-ring (bicyclic) bond motifs is 2. The quantitative estimate of drug-likeness (QED) is 0.343. The Morgan fingerprint density at radius 3 is 2.59 bits per heavy atom. The van der Waals surface area contributed by atoms with E-state index >= 15 is 0 Å². The van der Waals surface area contributed by atoms with Crippen LogP contribution in [0.3, 0.4) is 0 Å². The molecule has 5 atom stereocenters. The molecule has 1 unspecified atom stereocenters. The van der Waals surface area contributed by atoms with E-state index in [0.29, 0.717) is 43.2 Å². The number of hydrogen-bond donors (Lipinski definition) is 1. The van der Waals surface area contributed by atoms with E-state index in [2.05, 4.69) is 12.2 Å². The second-order valence-electron chi connectivity index (χ2n) is 10.4. The summed E-state index contributed by atoms with van der Waals surface area (Å²) in [7, 11) is 0. The number of thioether (sulfide) groups is 1. The van der Waals surface area contributed by atoms with E-state index in [1.54, 1.807) is 45.8 Å². The molecule has 1 spiro atoms. The van der Waals surface area contributed by atoms with Crippen molar-refractivity contribution in [1.82, 2.24) is 4.90 Å². The van der Waals surface area contributed by atoms with E-state index in [-0.39, 0.29) is 24.4 Å². The van der Waals surface area contributed by atoms with Crippen molar-refractivity contribution in [2.45, 2.75) is 54.6 Å². The topological polar surface area (TPSA) is 87.1 Å². The molecule has 0 aliphatic carbocycles. The van der Waals surface area contributed by atoms with Gasteiger partial charge in [0.15, 0.2) is 0 Å². The third kappa shape index (κ3) is 4.51. The fraction of sp³-hybridized carbons (Fsp3) is 0.536. The van der Waals surface area contributed by atoms with Gasteiger partial charge in [0.1, 0.15) is 6.04 Å². The molecule has 0 radical (unpaired) electrons. The zero-order valence-electron chi connectivity index (χ0n) is 21.0. The average molecular weight is 545 g/mol. The van der Waals surface area contributed by atoms with Crippen LogP contribution in [-0.4, -0.2) is 69.6 Å². The average Bonchev–Trinajstić information content (AvgIpc) is 3.19. The Kier molecular flexibility index (Phi) is 7.44. The number of nitrogens with zero attached hydrogens (tertiary/aromatic N) is 2. The predicted octanol–water partition coefficient (Wildman–Crippen LogP) is 3.99. The molecule has 1 aromatic rings. The standard InChI is InChI=1S/C28H33ClN2O5S/c1-27-13-4-2-3-7-18-36-26(35)22(27)21-24(33)31(15-5-6-17-32)23-25(34)30(16-8-14-28(21,23)37-27)20-11-9-19(29)10-12-20/h4,8-14,21-23,32H,2-3,5-7,15-18H2,1H3/b13-4-/t21-,22-,23?,27+,28-/m0/s1. The van der Waals surface area contributed by atoms with Gasteiger partial charge < -0.3 is 19.6 Å². The van der Waals surface area contributed by atoms with Gasteiger partial charge in [0.05, 0.1) is 23.2 Å². The molecule has 37 heavy (non-hydrogen) atoms. The summed E-state index contributed by atoms with van der Waals surface area (Å²) in [6.07, 6.45) is 11.8. The van der Waals surface area contributed by atoms with E-state index in [0.717, 1.165) is 19.3 Å². The van der Waals surface area contributed by atoms with Gasteiger partial charge in [-0.2, -0.15) is 0 Å². The van der Waals surface area contributed by atoms with Gasteiger partial charge in [-0.05, 0) is 63.3 Å². The van der Waals surface area contributed by atoms with E-state index in [9.17, 15) is 19.5 Å². The highest BCUT2D eigenvalue weighted by molar-refractivity contribution is 8.02. The summed E-state index contributed by atoms with van der Waals surface area (Å²) in [6.45, 7) is 3.03. The van der Waals surface area contributed by atoms with Crippen molar-refractivity contribution in [3.8, 4) is 0 Å². The maximum atomic E-state index is 14.3. The van der Waals surface area contributed by atoms with Crippen LogP contribution < -0.4 is 4.90 Å². The first-order chi connectivity index (χ1) is 17.8. The second kappa shape index (κ2) is 10.5. The molecule has 198 valence electrons. The molecule has 1 aromatic carbocycles. The van der Waals surface area contributed by atoms with Crippen LogP contribution in [-0.2, 0) is 19.1 Å². The predicted molar refractivity (Wildman–Crippen MR) is 144 cm³/mol. The lowest BCUT2D eigenvalue weighted by molar-refractivity contribution is -0.154. The van der Waals surface area contributed by atoms with Crippen molar-refractivity contribution < 1.29 is 24.2 Å². The summed E-state index contributed by atoms with van der Waals surface area (Å²) in [6, 6.07) is 6.33. The zero-order chi connectivity index (χ0) is 26.2. The highest BCUT2D eigenvalue weighted by Crippen LogP contribution is 2.65. The number of carbonyl (C=O) groups is 3. The molecule has 7 nitrogen and oxygen atoms in total. The number of benzene rings is 1. The Morgan fingerprint density at radius 2 is 1.84 bits per heavy atom. The molecule has 4 aliphatic heterocycles. The number of ether oxygens (including phenoxy) is 1. The molecule has 9 heteroatoms. The number of aliphatic hydroxyl groups excluding tert-OH is 1. The third-order valence-corrected chi connectivity index (χ3v) is 9.99. The largest absolute Gasteiger partial charge is 0.465 e. The zero-order valence-corrected chi connectivity index (χ0v) is 22.5. The number of likely N-dealkylation sites (tertiary alicyclic amines) is 1. The number of rotatable bonds is 5. The van der Waals surface area contributed by atoms with E-state index in [1.165, 1.54) is 0 Å².